The number of hydrogen-bond acceptors (Lipinski definition) is 3. The summed E-state index contributed by atoms with van der Waals surface area (Å²) in [5.41, 5.74) is 2.62. The molecule has 0 amide bonds. The van der Waals surface area contributed by atoms with Crippen molar-refractivity contribution in [3.63, 3.8) is 0 Å². The van der Waals surface area contributed by atoms with Gasteiger partial charge in [0.05, 0.1) is 19.8 Å². The molecule has 5 nitrogen and oxygen atoms in total. The highest BCUT2D eigenvalue weighted by Gasteiger charge is 2.24. The highest BCUT2D eigenvalue weighted by atomic mass is 127. The molecule has 0 aromatic heterocycles. The van der Waals surface area contributed by atoms with Crippen LogP contribution in [0.4, 0.5) is 0 Å². The third-order valence-electron chi connectivity index (χ3n) is 4.28. The molecule has 1 unspecified atom stereocenters. The van der Waals surface area contributed by atoms with E-state index >= 15 is 0 Å². The number of rotatable bonds is 7. The molecule has 24 heavy (non-hydrogen) atoms. The van der Waals surface area contributed by atoms with E-state index in [0.717, 1.165) is 38.6 Å². The van der Waals surface area contributed by atoms with Crippen molar-refractivity contribution < 1.29 is 9.47 Å². The number of aliphatic imine (C=N–C) groups is 1. The number of aryl methyl sites for hydroxylation is 1. The van der Waals surface area contributed by atoms with E-state index in [-0.39, 0.29) is 24.0 Å². The number of guanidine groups is 1. The summed E-state index contributed by atoms with van der Waals surface area (Å²) in [6.07, 6.45) is 1.15. The van der Waals surface area contributed by atoms with Crippen LogP contribution in [0.15, 0.2) is 29.3 Å². The Morgan fingerprint density at radius 2 is 2.12 bits per heavy atom. The SMILES string of the molecule is CN=C(NCc1ccccc1C)N1CCC(COCCOC)C1.I. The predicted molar refractivity (Wildman–Crippen MR) is 109 cm³/mol. The molecule has 6 heteroatoms. The molecule has 1 aromatic rings. The first-order valence-electron chi connectivity index (χ1n) is 8.31. The van der Waals surface area contributed by atoms with Crippen LogP contribution in [-0.4, -0.2) is 57.9 Å². The van der Waals surface area contributed by atoms with Gasteiger partial charge in [-0.1, -0.05) is 24.3 Å². The summed E-state index contributed by atoms with van der Waals surface area (Å²) in [6.45, 7) is 7.12. The molecule has 1 aliphatic rings. The second-order valence-electron chi connectivity index (χ2n) is 6.00. The summed E-state index contributed by atoms with van der Waals surface area (Å²) >= 11 is 0. The van der Waals surface area contributed by atoms with E-state index in [0.29, 0.717) is 19.1 Å². The van der Waals surface area contributed by atoms with Crippen molar-refractivity contribution in [2.45, 2.75) is 19.9 Å². The molecular weight excluding hydrogens is 417 g/mol. The summed E-state index contributed by atoms with van der Waals surface area (Å²) in [7, 11) is 3.55. The predicted octanol–water partition coefficient (Wildman–Crippen LogP) is 2.67. The van der Waals surface area contributed by atoms with Crippen molar-refractivity contribution in [3.05, 3.63) is 35.4 Å². The van der Waals surface area contributed by atoms with Gasteiger partial charge >= 0.3 is 0 Å². The summed E-state index contributed by atoms with van der Waals surface area (Å²) in [5.74, 6) is 1.55. The number of nitrogens with one attached hydrogen (secondary N) is 1. The van der Waals surface area contributed by atoms with E-state index in [1.54, 1.807) is 7.11 Å². The minimum atomic E-state index is 0. The lowest BCUT2D eigenvalue weighted by Crippen LogP contribution is -2.40. The Balaban J connectivity index is 0.00000288. The fourth-order valence-electron chi connectivity index (χ4n) is 2.87. The van der Waals surface area contributed by atoms with E-state index < -0.39 is 0 Å². The zero-order chi connectivity index (χ0) is 16.5. The van der Waals surface area contributed by atoms with Crippen molar-refractivity contribution in [1.29, 1.82) is 0 Å². The Hall–Kier alpha value is -0.860. The van der Waals surface area contributed by atoms with Crippen LogP contribution in [0.1, 0.15) is 17.5 Å². The molecule has 1 heterocycles. The Morgan fingerprint density at radius 3 is 2.83 bits per heavy atom. The van der Waals surface area contributed by atoms with Crippen LogP contribution in [0.5, 0.6) is 0 Å². The zero-order valence-corrected chi connectivity index (χ0v) is 17.3. The summed E-state index contributed by atoms with van der Waals surface area (Å²) in [4.78, 5) is 6.75. The lowest BCUT2D eigenvalue weighted by Gasteiger charge is -2.22. The van der Waals surface area contributed by atoms with Gasteiger partial charge in [-0.25, -0.2) is 0 Å². The third-order valence-corrected chi connectivity index (χ3v) is 4.28. The first kappa shape index (κ1) is 21.2. The summed E-state index contributed by atoms with van der Waals surface area (Å²) in [5, 5.41) is 3.48. The molecule has 1 N–H and O–H groups in total. The van der Waals surface area contributed by atoms with Crippen molar-refractivity contribution in [1.82, 2.24) is 10.2 Å². The van der Waals surface area contributed by atoms with Gasteiger partial charge < -0.3 is 19.7 Å². The van der Waals surface area contributed by atoms with Crippen LogP contribution in [0, 0.1) is 12.8 Å². The monoisotopic (exact) mass is 447 g/mol. The van der Waals surface area contributed by atoms with E-state index in [1.165, 1.54) is 11.1 Å². The van der Waals surface area contributed by atoms with Gasteiger partial charge in [0.15, 0.2) is 5.96 Å². The normalized spacial score (nSPS) is 17.7. The van der Waals surface area contributed by atoms with Crippen molar-refractivity contribution >= 4 is 29.9 Å². The molecule has 1 fully saturated rings. The van der Waals surface area contributed by atoms with Gasteiger partial charge in [0.2, 0.25) is 0 Å². The van der Waals surface area contributed by atoms with Gasteiger partial charge in [-0.2, -0.15) is 0 Å². The molecule has 136 valence electrons. The Kier molecular flexibility index (Phi) is 10.3. The Morgan fingerprint density at radius 1 is 1.33 bits per heavy atom. The van der Waals surface area contributed by atoms with Crippen LogP contribution in [-0.2, 0) is 16.0 Å². The topological polar surface area (TPSA) is 46.1 Å². The van der Waals surface area contributed by atoms with Gasteiger partial charge in [-0.3, -0.25) is 4.99 Å². The molecule has 0 aliphatic carbocycles. The molecule has 0 saturated carbocycles. The number of methoxy groups -OCH3 is 1. The molecule has 0 bridgehead atoms. The Labute approximate surface area is 162 Å². The average Bonchev–Trinajstić information content (AvgIpc) is 3.02. The van der Waals surface area contributed by atoms with Crippen LogP contribution in [0.25, 0.3) is 0 Å². The van der Waals surface area contributed by atoms with Gasteiger partial charge in [0.25, 0.3) is 0 Å². The Bertz CT molecular complexity index is 511. The lowest BCUT2D eigenvalue weighted by atomic mass is 10.1. The molecule has 1 atom stereocenters. The average molecular weight is 447 g/mol. The molecule has 0 radical (unpaired) electrons. The highest BCUT2D eigenvalue weighted by Crippen LogP contribution is 2.17. The van der Waals surface area contributed by atoms with E-state index in [9.17, 15) is 0 Å². The van der Waals surface area contributed by atoms with Gasteiger partial charge in [0, 0.05) is 39.7 Å². The molecule has 2 rings (SSSR count). The minimum Gasteiger partial charge on any atom is -0.382 e. The largest absolute Gasteiger partial charge is 0.382 e. The summed E-state index contributed by atoms with van der Waals surface area (Å²) < 4.78 is 10.7. The summed E-state index contributed by atoms with van der Waals surface area (Å²) in [6, 6.07) is 8.45. The van der Waals surface area contributed by atoms with Crippen molar-refractivity contribution in [2.75, 3.05) is 47.1 Å². The standard InChI is InChI=1S/C18H29N3O2.HI/c1-15-6-4-5-7-17(15)12-20-18(19-2)21-9-8-16(13-21)14-23-11-10-22-3;/h4-7,16H,8-14H2,1-3H3,(H,19,20);1H. The number of hydrogen-bond donors (Lipinski definition) is 1. The molecule has 1 saturated heterocycles. The second-order valence-corrected chi connectivity index (χ2v) is 6.00. The van der Waals surface area contributed by atoms with Gasteiger partial charge in [-0.05, 0) is 24.5 Å². The van der Waals surface area contributed by atoms with Crippen LogP contribution in [0.3, 0.4) is 0 Å². The van der Waals surface area contributed by atoms with Crippen LogP contribution < -0.4 is 5.32 Å². The molecule has 0 spiro atoms. The second kappa shape index (κ2) is 11.7. The fraction of sp³-hybridized carbons (Fsp3) is 0.611. The molecule has 1 aromatic carbocycles. The van der Waals surface area contributed by atoms with Crippen molar-refractivity contribution in [3.8, 4) is 0 Å². The fourth-order valence-corrected chi connectivity index (χ4v) is 2.87. The van der Waals surface area contributed by atoms with Gasteiger partial charge in [0.1, 0.15) is 0 Å². The number of ether oxygens (including phenoxy) is 2. The molecular formula is C18H30IN3O2. The number of likely N-dealkylation sites (tertiary alicyclic amines) is 1. The maximum absolute atomic E-state index is 5.65. The zero-order valence-electron chi connectivity index (χ0n) is 15.0. The lowest BCUT2D eigenvalue weighted by molar-refractivity contribution is 0.0536. The maximum atomic E-state index is 5.65. The van der Waals surface area contributed by atoms with E-state index in [2.05, 4.69) is 46.4 Å². The smallest absolute Gasteiger partial charge is 0.193 e. The quantitative estimate of drug-likeness (QED) is 0.302. The third kappa shape index (κ3) is 6.57. The first-order chi connectivity index (χ1) is 11.2. The minimum absolute atomic E-state index is 0. The van der Waals surface area contributed by atoms with Crippen LogP contribution in [0.2, 0.25) is 0 Å². The maximum Gasteiger partial charge on any atom is 0.193 e. The van der Waals surface area contributed by atoms with Crippen LogP contribution >= 0.6 is 24.0 Å². The van der Waals surface area contributed by atoms with Crippen molar-refractivity contribution in [2.24, 2.45) is 10.9 Å². The van der Waals surface area contributed by atoms with E-state index in [1.807, 2.05) is 7.05 Å². The number of benzene rings is 1. The number of nitrogens with zero attached hydrogens (tertiary/aromatic N) is 2. The van der Waals surface area contributed by atoms with Gasteiger partial charge in [-0.15, -0.1) is 24.0 Å². The molecule has 1 aliphatic heterocycles. The highest BCUT2D eigenvalue weighted by molar-refractivity contribution is 14.0. The first-order valence-corrected chi connectivity index (χ1v) is 8.31. The number of halogens is 1. The van der Waals surface area contributed by atoms with E-state index in [4.69, 9.17) is 9.47 Å².